The maximum atomic E-state index is 13.1. The second kappa shape index (κ2) is 11.7. The second-order valence-electron chi connectivity index (χ2n) is 9.28. The Labute approximate surface area is 227 Å². The molecule has 2 unspecified atom stereocenters. The number of ether oxygens (including phenoxy) is 2. The lowest BCUT2D eigenvalue weighted by atomic mass is 9.75. The first-order valence-corrected chi connectivity index (χ1v) is 13.6. The van der Waals surface area contributed by atoms with Gasteiger partial charge in [0.05, 0.1) is 24.5 Å². The van der Waals surface area contributed by atoms with Crippen LogP contribution in [0.2, 0.25) is 0 Å². The fourth-order valence-electron chi connectivity index (χ4n) is 4.74. The van der Waals surface area contributed by atoms with E-state index in [0.29, 0.717) is 17.0 Å². The quantitative estimate of drug-likeness (QED) is 0.326. The molecule has 0 bridgehead atoms. The van der Waals surface area contributed by atoms with E-state index in [2.05, 4.69) is 34.2 Å². The van der Waals surface area contributed by atoms with Gasteiger partial charge in [0.2, 0.25) is 0 Å². The van der Waals surface area contributed by atoms with Crippen LogP contribution >= 0.6 is 11.3 Å². The Kier molecular flexibility index (Phi) is 8.42. The molecule has 198 valence electrons. The number of hydrogen-bond acceptors (Lipinski definition) is 8. The van der Waals surface area contributed by atoms with Gasteiger partial charge in [-0.3, -0.25) is 9.79 Å². The molecule has 8 heteroatoms. The van der Waals surface area contributed by atoms with E-state index in [9.17, 15) is 9.59 Å². The van der Waals surface area contributed by atoms with Crippen LogP contribution < -0.4 is 4.90 Å². The van der Waals surface area contributed by atoms with Gasteiger partial charge in [-0.05, 0) is 51.5 Å². The zero-order valence-corrected chi connectivity index (χ0v) is 23.5. The van der Waals surface area contributed by atoms with Crippen molar-refractivity contribution in [2.75, 3.05) is 32.2 Å². The highest BCUT2D eigenvalue weighted by atomic mass is 32.1. The van der Waals surface area contributed by atoms with Crippen molar-refractivity contribution in [3.05, 3.63) is 70.7 Å². The average molecular weight is 532 g/mol. The van der Waals surface area contributed by atoms with Crippen molar-refractivity contribution >= 4 is 34.7 Å². The Morgan fingerprint density at radius 3 is 2.34 bits per heavy atom. The number of carbonyl (C=O) groups is 2. The van der Waals surface area contributed by atoms with Gasteiger partial charge in [0.1, 0.15) is 10.9 Å². The van der Waals surface area contributed by atoms with Gasteiger partial charge in [0.25, 0.3) is 0 Å². The molecule has 0 fully saturated rings. The van der Waals surface area contributed by atoms with Crippen LogP contribution in [0.1, 0.15) is 39.2 Å². The first kappa shape index (κ1) is 27.3. The Balaban J connectivity index is 1.74. The number of allylic oxidation sites excluding steroid dienone is 1. The lowest BCUT2D eigenvalue weighted by Gasteiger charge is -2.31. The Morgan fingerprint density at radius 1 is 0.974 bits per heavy atom. The molecule has 2 aromatic carbocycles. The Morgan fingerprint density at radius 2 is 1.68 bits per heavy atom. The normalized spacial score (nSPS) is 17.2. The monoisotopic (exact) mass is 531 g/mol. The summed E-state index contributed by atoms with van der Waals surface area (Å²) in [6.45, 7) is 7.58. The SMILES string of the molecule is CCOC(=O)C1=C(C)N=C(C)C(C(=O)OCC)C1c1cccc(-c2nc(-c3ccc(N(C)C)cc3)cs2)c1. The molecular weight excluding hydrogens is 498 g/mol. The number of benzene rings is 2. The van der Waals surface area contributed by atoms with Crippen LogP contribution in [0.4, 0.5) is 5.69 Å². The van der Waals surface area contributed by atoms with Crippen molar-refractivity contribution in [1.82, 2.24) is 4.98 Å². The summed E-state index contributed by atoms with van der Waals surface area (Å²) in [7, 11) is 4.03. The van der Waals surface area contributed by atoms with E-state index >= 15 is 0 Å². The number of aliphatic imine (C=N–C) groups is 1. The molecule has 2 heterocycles. The number of hydrogen-bond donors (Lipinski definition) is 0. The molecule has 3 aromatic rings. The summed E-state index contributed by atoms with van der Waals surface area (Å²) in [6.07, 6.45) is 0. The summed E-state index contributed by atoms with van der Waals surface area (Å²) in [5, 5.41) is 2.89. The molecule has 0 radical (unpaired) electrons. The third-order valence-electron chi connectivity index (χ3n) is 6.54. The molecular formula is C30H33N3O4S. The molecule has 0 spiro atoms. The molecule has 1 aliphatic heterocycles. The van der Waals surface area contributed by atoms with Gasteiger partial charge in [0.15, 0.2) is 0 Å². The van der Waals surface area contributed by atoms with Crippen molar-refractivity contribution in [1.29, 1.82) is 0 Å². The predicted molar refractivity (Wildman–Crippen MR) is 153 cm³/mol. The highest BCUT2D eigenvalue weighted by Crippen LogP contribution is 2.41. The Hall–Kier alpha value is -3.78. The molecule has 2 atom stereocenters. The number of aromatic nitrogens is 1. The molecule has 0 amide bonds. The summed E-state index contributed by atoms with van der Waals surface area (Å²) >= 11 is 1.55. The molecule has 4 rings (SSSR count). The highest BCUT2D eigenvalue weighted by molar-refractivity contribution is 7.13. The smallest absolute Gasteiger partial charge is 0.336 e. The summed E-state index contributed by atoms with van der Waals surface area (Å²) in [6, 6.07) is 16.1. The number of thiazole rings is 1. The van der Waals surface area contributed by atoms with Crippen LogP contribution in [0.15, 0.2) is 70.2 Å². The van der Waals surface area contributed by atoms with E-state index in [-0.39, 0.29) is 13.2 Å². The predicted octanol–water partition coefficient (Wildman–Crippen LogP) is 6.12. The van der Waals surface area contributed by atoms with E-state index in [1.807, 2.05) is 43.7 Å². The molecule has 38 heavy (non-hydrogen) atoms. The van der Waals surface area contributed by atoms with Crippen molar-refractivity contribution in [2.24, 2.45) is 10.9 Å². The van der Waals surface area contributed by atoms with Gasteiger partial charge in [0, 0.05) is 53.6 Å². The van der Waals surface area contributed by atoms with Gasteiger partial charge < -0.3 is 14.4 Å². The summed E-state index contributed by atoms with van der Waals surface area (Å²) in [5.74, 6) is -2.18. The second-order valence-corrected chi connectivity index (χ2v) is 10.1. The fraction of sp³-hybridized carbons (Fsp3) is 0.333. The van der Waals surface area contributed by atoms with Crippen molar-refractivity contribution in [2.45, 2.75) is 33.6 Å². The lowest BCUT2D eigenvalue weighted by molar-refractivity contribution is -0.146. The third kappa shape index (κ3) is 5.55. The summed E-state index contributed by atoms with van der Waals surface area (Å²) < 4.78 is 10.8. The molecule has 0 N–H and O–H groups in total. The van der Waals surface area contributed by atoms with Crippen LogP contribution in [0.3, 0.4) is 0 Å². The molecule has 0 saturated heterocycles. The average Bonchev–Trinajstić information content (AvgIpc) is 3.39. The van der Waals surface area contributed by atoms with E-state index in [1.54, 1.807) is 39.0 Å². The minimum absolute atomic E-state index is 0.229. The van der Waals surface area contributed by atoms with E-state index in [0.717, 1.165) is 33.1 Å². The number of rotatable bonds is 8. The fourth-order valence-corrected chi connectivity index (χ4v) is 5.57. The van der Waals surface area contributed by atoms with Crippen LogP contribution in [-0.4, -0.2) is 49.9 Å². The molecule has 0 saturated carbocycles. The minimum atomic E-state index is -0.727. The van der Waals surface area contributed by atoms with Crippen LogP contribution in [0.25, 0.3) is 21.8 Å². The van der Waals surface area contributed by atoms with Crippen LogP contribution in [0, 0.1) is 5.92 Å². The number of esters is 2. The zero-order valence-electron chi connectivity index (χ0n) is 22.6. The highest BCUT2D eigenvalue weighted by Gasteiger charge is 2.42. The van der Waals surface area contributed by atoms with Crippen LogP contribution in [0.5, 0.6) is 0 Å². The number of carbonyl (C=O) groups excluding carboxylic acids is 2. The third-order valence-corrected chi connectivity index (χ3v) is 7.43. The van der Waals surface area contributed by atoms with Crippen molar-refractivity contribution < 1.29 is 19.1 Å². The summed E-state index contributed by atoms with van der Waals surface area (Å²) in [4.78, 5) is 37.7. The molecule has 7 nitrogen and oxygen atoms in total. The minimum Gasteiger partial charge on any atom is -0.465 e. The number of anilines is 1. The van der Waals surface area contributed by atoms with Gasteiger partial charge in [-0.1, -0.05) is 30.3 Å². The van der Waals surface area contributed by atoms with Crippen molar-refractivity contribution in [3.63, 3.8) is 0 Å². The molecule has 1 aromatic heterocycles. The molecule has 0 aliphatic carbocycles. The van der Waals surface area contributed by atoms with E-state index in [4.69, 9.17) is 14.5 Å². The van der Waals surface area contributed by atoms with Gasteiger partial charge in [-0.2, -0.15) is 0 Å². The maximum Gasteiger partial charge on any atom is 0.336 e. The standard InChI is InChI=1S/C30H33N3O4S/c1-7-36-29(34)25-18(3)31-19(4)26(30(35)37-8-2)27(25)21-10-9-11-22(16-21)28-32-24(17-38-28)20-12-14-23(15-13-20)33(5)6/h9-17,25,27H,7-8H2,1-6H3. The largest absolute Gasteiger partial charge is 0.465 e. The lowest BCUT2D eigenvalue weighted by Crippen LogP contribution is -2.36. The van der Waals surface area contributed by atoms with E-state index in [1.165, 1.54) is 0 Å². The summed E-state index contributed by atoms with van der Waals surface area (Å²) in [5.41, 5.74) is 6.33. The van der Waals surface area contributed by atoms with E-state index < -0.39 is 23.8 Å². The molecule has 1 aliphatic rings. The first-order valence-electron chi connectivity index (χ1n) is 12.7. The van der Waals surface area contributed by atoms with Gasteiger partial charge in [-0.15, -0.1) is 11.3 Å². The zero-order chi connectivity index (χ0) is 27.4. The van der Waals surface area contributed by atoms with Gasteiger partial charge in [-0.25, -0.2) is 9.78 Å². The number of nitrogens with zero attached hydrogens (tertiary/aromatic N) is 3. The maximum absolute atomic E-state index is 13.1. The Bertz CT molecular complexity index is 1390. The van der Waals surface area contributed by atoms with Crippen LogP contribution in [-0.2, 0) is 19.1 Å². The topological polar surface area (TPSA) is 81.1 Å². The first-order chi connectivity index (χ1) is 18.2. The van der Waals surface area contributed by atoms with Crippen molar-refractivity contribution in [3.8, 4) is 21.8 Å². The van der Waals surface area contributed by atoms with Gasteiger partial charge >= 0.3 is 11.9 Å².